The van der Waals surface area contributed by atoms with Crippen molar-refractivity contribution in [2.75, 3.05) is 34.7 Å². The van der Waals surface area contributed by atoms with Crippen molar-refractivity contribution in [3.05, 3.63) is 41.5 Å². The minimum Gasteiger partial charge on any atom is -0.493 e. The van der Waals surface area contributed by atoms with Gasteiger partial charge in [0.15, 0.2) is 28.8 Å². The fourth-order valence-corrected chi connectivity index (χ4v) is 3.87. The molecule has 1 N–H and O–H groups in total. The molecule has 0 spiro atoms. The molecule has 1 fully saturated rings. The van der Waals surface area contributed by atoms with Gasteiger partial charge >= 0.3 is 5.97 Å². The van der Waals surface area contributed by atoms with E-state index in [1.165, 1.54) is 21.3 Å². The highest BCUT2D eigenvalue weighted by Gasteiger charge is 2.46. The molecule has 164 valence electrons. The van der Waals surface area contributed by atoms with Gasteiger partial charge in [0, 0.05) is 5.56 Å². The van der Waals surface area contributed by atoms with E-state index in [4.69, 9.17) is 28.4 Å². The molecule has 31 heavy (non-hydrogen) atoms. The molecule has 0 aromatic heterocycles. The fourth-order valence-electron chi connectivity index (χ4n) is 3.87. The summed E-state index contributed by atoms with van der Waals surface area (Å²) in [5.74, 6) is -0.962. The van der Waals surface area contributed by atoms with E-state index in [1.54, 1.807) is 30.3 Å². The van der Waals surface area contributed by atoms with Crippen molar-refractivity contribution in [2.45, 2.75) is 6.10 Å². The number of hydrogen-bond acceptors (Lipinski definition) is 9. The fraction of sp³-hybridized carbons (Fsp3) is 0.364. The quantitative estimate of drug-likeness (QED) is 0.522. The molecule has 0 unspecified atom stereocenters. The van der Waals surface area contributed by atoms with E-state index in [9.17, 15) is 14.7 Å². The summed E-state index contributed by atoms with van der Waals surface area (Å²) in [6, 6.07) is 7.88. The van der Waals surface area contributed by atoms with Crippen molar-refractivity contribution < 1.29 is 43.1 Å². The molecule has 4 rings (SSSR count). The minimum atomic E-state index is -1.33. The Morgan fingerprint density at radius 1 is 1.00 bits per heavy atom. The van der Waals surface area contributed by atoms with Crippen LogP contribution in [0.1, 0.15) is 22.0 Å². The van der Waals surface area contributed by atoms with Crippen LogP contribution in [0.2, 0.25) is 0 Å². The number of cyclic esters (lactones) is 1. The molecule has 0 amide bonds. The topological polar surface area (TPSA) is 110 Å². The number of methoxy groups -OCH3 is 3. The molecule has 1 saturated heterocycles. The van der Waals surface area contributed by atoms with Crippen LogP contribution in [0.15, 0.2) is 30.3 Å². The molecule has 2 aromatic carbocycles. The van der Waals surface area contributed by atoms with Crippen molar-refractivity contribution in [1.82, 2.24) is 0 Å². The predicted octanol–water partition coefficient (Wildman–Crippen LogP) is 2.15. The maximum atomic E-state index is 13.2. The van der Waals surface area contributed by atoms with Gasteiger partial charge in [0.25, 0.3) is 0 Å². The van der Waals surface area contributed by atoms with Gasteiger partial charge in [-0.05, 0) is 35.9 Å². The lowest BCUT2D eigenvalue weighted by atomic mass is 9.82. The van der Waals surface area contributed by atoms with E-state index in [0.717, 1.165) is 0 Å². The lowest BCUT2D eigenvalue weighted by Gasteiger charge is -2.22. The highest BCUT2D eigenvalue weighted by Crippen LogP contribution is 2.43. The van der Waals surface area contributed by atoms with E-state index in [-0.39, 0.29) is 19.2 Å². The number of carbonyl (C=O) groups is 2. The van der Waals surface area contributed by atoms with E-state index in [0.29, 0.717) is 39.9 Å². The molecule has 9 heteroatoms. The van der Waals surface area contributed by atoms with Crippen molar-refractivity contribution in [3.63, 3.8) is 0 Å². The van der Waals surface area contributed by atoms with Crippen molar-refractivity contribution in [1.29, 1.82) is 0 Å². The standard InChI is InChI=1S/C22H22O9/c1-26-16-7-12(8-17(27-2)21(16)28-3)20(24)18-13(9-29-22(18)25)19(23)11-4-5-14-15(6-11)31-10-30-14/h4-8,13,18,20,24H,9-10H2,1-3H3/t13-,18-,20+/m1/s1. The summed E-state index contributed by atoms with van der Waals surface area (Å²) in [5, 5.41) is 11.1. The van der Waals surface area contributed by atoms with Crippen LogP contribution < -0.4 is 23.7 Å². The Balaban J connectivity index is 1.66. The first kappa shape index (κ1) is 20.8. The number of esters is 1. The molecule has 0 radical (unpaired) electrons. The zero-order valence-corrected chi connectivity index (χ0v) is 17.2. The van der Waals surface area contributed by atoms with Gasteiger partial charge in [-0.15, -0.1) is 0 Å². The van der Waals surface area contributed by atoms with Gasteiger partial charge in [0.2, 0.25) is 12.5 Å². The summed E-state index contributed by atoms with van der Waals surface area (Å²) in [7, 11) is 4.36. The molecule has 2 aliphatic heterocycles. The van der Waals surface area contributed by atoms with Crippen LogP contribution in [0.3, 0.4) is 0 Å². The van der Waals surface area contributed by atoms with Crippen LogP contribution >= 0.6 is 0 Å². The summed E-state index contributed by atoms with van der Waals surface area (Å²) in [6.45, 7) is -0.0429. The molecule has 0 bridgehead atoms. The molecule has 2 heterocycles. The smallest absolute Gasteiger partial charge is 0.312 e. The Hall–Kier alpha value is -3.46. The first-order valence-corrected chi connectivity index (χ1v) is 9.57. The van der Waals surface area contributed by atoms with Crippen LogP contribution in [0.25, 0.3) is 0 Å². The third-order valence-electron chi connectivity index (χ3n) is 5.47. The molecule has 9 nitrogen and oxygen atoms in total. The van der Waals surface area contributed by atoms with Crippen molar-refractivity contribution in [2.24, 2.45) is 11.8 Å². The third-order valence-corrected chi connectivity index (χ3v) is 5.47. The Morgan fingerprint density at radius 2 is 1.68 bits per heavy atom. The number of ketones is 1. The van der Waals surface area contributed by atoms with Crippen LogP contribution in [0, 0.1) is 11.8 Å². The van der Waals surface area contributed by atoms with Gasteiger partial charge in [-0.3, -0.25) is 9.59 Å². The van der Waals surface area contributed by atoms with E-state index < -0.39 is 23.9 Å². The second-order valence-corrected chi connectivity index (χ2v) is 7.10. The van der Waals surface area contributed by atoms with Gasteiger partial charge < -0.3 is 33.5 Å². The van der Waals surface area contributed by atoms with E-state index in [2.05, 4.69) is 0 Å². The monoisotopic (exact) mass is 430 g/mol. The summed E-state index contributed by atoms with van der Waals surface area (Å²) < 4.78 is 31.7. The minimum absolute atomic E-state index is 0.0838. The van der Waals surface area contributed by atoms with Crippen LogP contribution in [-0.4, -0.2) is 51.6 Å². The normalized spacial score (nSPS) is 20.2. The van der Waals surface area contributed by atoms with Gasteiger partial charge in [0.05, 0.1) is 33.4 Å². The first-order chi connectivity index (χ1) is 15.0. The van der Waals surface area contributed by atoms with E-state index >= 15 is 0 Å². The number of aliphatic hydroxyl groups is 1. The predicted molar refractivity (Wildman–Crippen MR) is 106 cm³/mol. The van der Waals surface area contributed by atoms with Crippen molar-refractivity contribution in [3.8, 4) is 28.7 Å². The number of rotatable bonds is 7. The molecule has 0 aliphatic carbocycles. The summed E-state index contributed by atoms with van der Waals surface area (Å²) in [5.41, 5.74) is 0.677. The second-order valence-electron chi connectivity index (χ2n) is 7.10. The van der Waals surface area contributed by atoms with Crippen LogP contribution in [-0.2, 0) is 9.53 Å². The van der Waals surface area contributed by atoms with Gasteiger partial charge in [-0.1, -0.05) is 0 Å². The van der Waals surface area contributed by atoms with Gasteiger partial charge in [-0.2, -0.15) is 0 Å². The highest BCUT2D eigenvalue weighted by atomic mass is 16.7. The Morgan fingerprint density at radius 3 is 2.32 bits per heavy atom. The van der Waals surface area contributed by atoms with E-state index in [1.807, 2.05) is 0 Å². The number of benzene rings is 2. The SMILES string of the molecule is COc1cc([C@H](O)[C@@H]2C(=O)OC[C@H]2C(=O)c2ccc3c(c2)OCO3)cc(OC)c1OC. The number of carbonyl (C=O) groups excluding carboxylic acids is 2. The van der Waals surface area contributed by atoms with Gasteiger partial charge in [0.1, 0.15) is 12.5 Å². The molecule has 0 saturated carbocycles. The number of fused-ring (bicyclic) bond motifs is 1. The summed E-state index contributed by atoms with van der Waals surface area (Å²) in [4.78, 5) is 25.7. The lowest BCUT2D eigenvalue weighted by Crippen LogP contribution is -2.29. The number of aliphatic hydroxyl groups excluding tert-OH is 1. The molecule has 2 aliphatic rings. The zero-order valence-electron chi connectivity index (χ0n) is 17.2. The Labute approximate surface area is 178 Å². The maximum Gasteiger partial charge on any atom is 0.312 e. The molecular weight excluding hydrogens is 408 g/mol. The molecule has 3 atom stereocenters. The third kappa shape index (κ3) is 3.61. The zero-order chi connectivity index (χ0) is 22.1. The molecule has 2 aromatic rings. The number of hydrogen-bond donors (Lipinski definition) is 1. The Bertz CT molecular complexity index is 991. The summed E-state index contributed by atoms with van der Waals surface area (Å²) >= 11 is 0. The molecular formula is C22H22O9. The average molecular weight is 430 g/mol. The maximum absolute atomic E-state index is 13.2. The number of ether oxygens (including phenoxy) is 6. The summed E-state index contributed by atoms with van der Waals surface area (Å²) in [6.07, 6.45) is -1.33. The number of Topliss-reactive ketones (excluding diaryl/α,β-unsaturated/α-hetero) is 1. The second kappa shape index (κ2) is 8.35. The first-order valence-electron chi connectivity index (χ1n) is 9.57. The van der Waals surface area contributed by atoms with Crippen LogP contribution in [0.4, 0.5) is 0 Å². The Kier molecular flexibility index (Phi) is 5.60. The van der Waals surface area contributed by atoms with Gasteiger partial charge in [-0.25, -0.2) is 0 Å². The largest absolute Gasteiger partial charge is 0.493 e. The highest BCUT2D eigenvalue weighted by molar-refractivity contribution is 6.01. The average Bonchev–Trinajstić information content (AvgIpc) is 3.42. The van der Waals surface area contributed by atoms with Crippen LogP contribution in [0.5, 0.6) is 28.7 Å². The lowest BCUT2D eigenvalue weighted by molar-refractivity contribution is -0.144. The van der Waals surface area contributed by atoms with Crippen molar-refractivity contribution >= 4 is 11.8 Å².